The fourth-order valence-corrected chi connectivity index (χ4v) is 3.70. The van der Waals surface area contributed by atoms with E-state index in [0.717, 1.165) is 0 Å². The Morgan fingerprint density at radius 3 is 2.08 bits per heavy atom. The summed E-state index contributed by atoms with van der Waals surface area (Å²) < 4.78 is 0. The zero-order chi connectivity index (χ0) is 9.35. The molecule has 68 valence electrons. The molecule has 1 rings (SSSR count). The summed E-state index contributed by atoms with van der Waals surface area (Å²) in [5, 5.41) is 0. The van der Waals surface area contributed by atoms with Crippen LogP contribution in [0.2, 0.25) is 0 Å². The van der Waals surface area contributed by atoms with Crippen molar-refractivity contribution in [3.05, 3.63) is 9.81 Å². The summed E-state index contributed by atoms with van der Waals surface area (Å²) >= 11 is 3.62. The third-order valence-electron chi connectivity index (χ3n) is 1.95. The minimum Gasteiger partial charge on any atom is -0.277 e. The van der Waals surface area contributed by atoms with Crippen molar-refractivity contribution in [1.82, 2.24) is 0 Å². The second-order valence-electron chi connectivity index (χ2n) is 3.32. The van der Waals surface area contributed by atoms with Crippen molar-refractivity contribution >= 4 is 29.2 Å². The number of thioether (sulfide) groups is 2. The van der Waals surface area contributed by atoms with Crippen LogP contribution in [-0.4, -0.2) is 23.8 Å². The highest BCUT2D eigenvalue weighted by Gasteiger charge is 2.31. The van der Waals surface area contributed by atoms with E-state index in [1.165, 1.54) is 15.5 Å². The summed E-state index contributed by atoms with van der Waals surface area (Å²) in [6.07, 6.45) is 4.24. The molecule has 0 atom stereocenters. The van der Waals surface area contributed by atoms with E-state index in [1.54, 1.807) is 11.8 Å². The molecule has 1 aliphatic heterocycles. The van der Waals surface area contributed by atoms with E-state index in [1.807, 2.05) is 11.8 Å². The van der Waals surface area contributed by atoms with Gasteiger partial charge in [-0.1, -0.05) is 0 Å². The van der Waals surface area contributed by atoms with E-state index in [-0.39, 0.29) is 5.54 Å². The Morgan fingerprint density at radius 1 is 1.17 bits per heavy atom. The highest BCUT2D eigenvalue weighted by molar-refractivity contribution is 8.06. The Morgan fingerprint density at radius 2 is 1.75 bits per heavy atom. The lowest BCUT2D eigenvalue weighted by Crippen LogP contribution is -2.14. The molecule has 0 aromatic rings. The molecule has 3 heteroatoms. The zero-order valence-electron chi connectivity index (χ0n) is 8.26. The van der Waals surface area contributed by atoms with Gasteiger partial charge in [0.15, 0.2) is 0 Å². The second-order valence-corrected chi connectivity index (χ2v) is 4.96. The smallest absolute Gasteiger partial charge is 0.0873 e. The monoisotopic (exact) mass is 201 g/mol. The summed E-state index contributed by atoms with van der Waals surface area (Å²) in [5.74, 6) is 0. The Kier molecular flexibility index (Phi) is 2.94. The van der Waals surface area contributed by atoms with Crippen LogP contribution in [-0.2, 0) is 0 Å². The average Bonchev–Trinajstić information content (AvgIpc) is 2.18. The number of allylic oxidation sites excluding steroid dienone is 1. The van der Waals surface area contributed by atoms with Gasteiger partial charge in [-0.05, 0) is 33.3 Å². The number of hydrogen-bond acceptors (Lipinski definition) is 3. The lowest BCUT2D eigenvalue weighted by atomic mass is 10.1. The first-order valence-corrected chi connectivity index (χ1v) is 6.37. The molecular weight excluding hydrogens is 186 g/mol. The zero-order valence-corrected chi connectivity index (χ0v) is 9.90. The van der Waals surface area contributed by atoms with Gasteiger partial charge in [-0.2, -0.15) is 0 Å². The first-order valence-electron chi connectivity index (χ1n) is 3.92. The van der Waals surface area contributed by atoms with Crippen LogP contribution in [0.5, 0.6) is 0 Å². The van der Waals surface area contributed by atoms with Crippen LogP contribution in [0.4, 0.5) is 0 Å². The SMILES string of the molecule is CSC1=C(SC)C(C)(C)N=C1C. The molecule has 0 spiro atoms. The number of nitrogens with zero attached hydrogens (tertiary/aromatic N) is 1. The maximum absolute atomic E-state index is 4.63. The van der Waals surface area contributed by atoms with Crippen molar-refractivity contribution in [3.63, 3.8) is 0 Å². The van der Waals surface area contributed by atoms with Crippen LogP contribution in [0.25, 0.3) is 0 Å². The first kappa shape index (κ1) is 10.2. The van der Waals surface area contributed by atoms with Gasteiger partial charge in [0.2, 0.25) is 0 Å². The molecule has 0 aliphatic carbocycles. The van der Waals surface area contributed by atoms with Gasteiger partial charge in [0.05, 0.1) is 5.54 Å². The fourth-order valence-electron chi connectivity index (χ4n) is 1.55. The molecule has 0 fully saturated rings. The van der Waals surface area contributed by atoms with E-state index >= 15 is 0 Å². The van der Waals surface area contributed by atoms with Gasteiger partial charge in [-0.3, -0.25) is 4.99 Å². The number of rotatable bonds is 2. The summed E-state index contributed by atoms with van der Waals surface area (Å²) in [4.78, 5) is 7.40. The highest BCUT2D eigenvalue weighted by atomic mass is 32.2. The maximum Gasteiger partial charge on any atom is 0.0873 e. The van der Waals surface area contributed by atoms with Crippen molar-refractivity contribution < 1.29 is 0 Å². The Bertz CT molecular complexity index is 251. The van der Waals surface area contributed by atoms with Gasteiger partial charge in [-0.25, -0.2) is 0 Å². The molecule has 0 radical (unpaired) electrons. The van der Waals surface area contributed by atoms with E-state index in [2.05, 4.69) is 38.3 Å². The molecule has 0 saturated carbocycles. The van der Waals surface area contributed by atoms with Crippen molar-refractivity contribution in [1.29, 1.82) is 0 Å². The largest absolute Gasteiger partial charge is 0.277 e. The highest BCUT2D eigenvalue weighted by Crippen LogP contribution is 2.41. The molecule has 1 aliphatic rings. The molecule has 1 heterocycles. The molecule has 0 aromatic carbocycles. The summed E-state index contributed by atoms with van der Waals surface area (Å²) in [5.41, 5.74) is 1.21. The summed E-state index contributed by atoms with van der Waals surface area (Å²) in [7, 11) is 0. The molecule has 0 bridgehead atoms. The normalized spacial score (nSPS) is 21.6. The number of hydrogen-bond donors (Lipinski definition) is 0. The van der Waals surface area contributed by atoms with Crippen LogP contribution < -0.4 is 0 Å². The van der Waals surface area contributed by atoms with Gasteiger partial charge in [0.25, 0.3) is 0 Å². The molecule has 0 amide bonds. The summed E-state index contributed by atoms with van der Waals surface area (Å²) in [6.45, 7) is 6.44. The van der Waals surface area contributed by atoms with Gasteiger partial charge < -0.3 is 0 Å². The molecule has 1 nitrogen and oxygen atoms in total. The van der Waals surface area contributed by atoms with Crippen molar-refractivity contribution in [2.45, 2.75) is 26.3 Å². The lowest BCUT2D eigenvalue weighted by molar-refractivity contribution is 0.659. The van der Waals surface area contributed by atoms with Crippen LogP contribution in [0, 0.1) is 0 Å². The van der Waals surface area contributed by atoms with Crippen LogP contribution >= 0.6 is 23.5 Å². The molecule has 0 aromatic heterocycles. The third-order valence-corrected chi connectivity index (χ3v) is 4.09. The van der Waals surface area contributed by atoms with Gasteiger partial charge >= 0.3 is 0 Å². The standard InChI is InChI=1S/C9H15NS2/c1-6-7(11-4)8(12-5)9(2,3)10-6/h1-5H3. The molecule has 0 saturated heterocycles. The minimum atomic E-state index is 0.0157. The molecule has 0 unspecified atom stereocenters. The second kappa shape index (κ2) is 3.46. The minimum absolute atomic E-state index is 0.0157. The molecule has 12 heavy (non-hydrogen) atoms. The number of aliphatic imine (C=N–C) groups is 1. The predicted octanol–water partition coefficient (Wildman–Crippen LogP) is 3.18. The van der Waals surface area contributed by atoms with Crippen LogP contribution in [0.1, 0.15) is 20.8 Å². The Labute approximate surface area is 83.1 Å². The van der Waals surface area contributed by atoms with E-state index in [0.29, 0.717) is 0 Å². The average molecular weight is 201 g/mol. The molecule has 0 N–H and O–H groups in total. The topological polar surface area (TPSA) is 12.4 Å². The van der Waals surface area contributed by atoms with E-state index < -0.39 is 0 Å². The first-order chi connectivity index (χ1) is 5.53. The van der Waals surface area contributed by atoms with Crippen molar-refractivity contribution in [2.24, 2.45) is 4.99 Å². The lowest BCUT2D eigenvalue weighted by Gasteiger charge is -2.17. The third kappa shape index (κ3) is 1.57. The summed E-state index contributed by atoms with van der Waals surface area (Å²) in [6, 6.07) is 0. The van der Waals surface area contributed by atoms with E-state index in [9.17, 15) is 0 Å². The molecular formula is C9H15NS2. The Hall–Kier alpha value is 0.110. The van der Waals surface area contributed by atoms with Crippen LogP contribution in [0.3, 0.4) is 0 Å². The predicted molar refractivity (Wildman–Crippen MR) is 61.2 cm³/mol. The van der Waals surface area contributed by atoms with Gasteiger partial charge in [0, 0.05) is 15.5 Å². The quantitative estimate of drug-likeness (QED) is 0.680. The van der Waals surface area contributed by atoms with Crippen LogP contribution in [0.15, 0.2) is 14.8 Å². The van der Waals surface area contributed by atoms with Gasteiger partial charge in [-0.15, -0.1) is 23.5 Å². The van der Waals surface area contributed by atoms with E-state index in [4.69, 9.17) is 0 Å². The van der Waals surface area contributed by atoms with Crippen molar-refractivity contribution in [2.75, 3.05) is 12.5 Å². The van der Waals surface area contributed by atoms with Gasteiger partial charge in [0.1, 0.15) is 0 Å². The fraction of sp³-hybridized carbons (Fsp3) is 0.667. The Balaban J connectivity index is 3.11. The van der Waals surface area contributed by atoms with Crippen molar-refractivity contribution in [3.8, 4) is 0 Å². The maximum atomic E-state index is 4.63.